The van der Waals surface area contributed by atoms with E-state index in [2.05, 4.69) is 17.2 Å². The van der Waals surface area contributed by atoms with Gasteiger partial charge in [0.25, 0.3) is 5.69 Å². The summed E-state index contributed by atoms with van der Waals surface area (Å²) in [5.41, 5.74) is 1.21. The fraction of sp³-hybridized carbons (Fsp3) is 0.167. The van der Waals surface area contributed by atoms with Crippen LogP contribution in [-0.4, -0.2) is 17.6 Å². The summed E-state index contributed by atoms with van der Waals surface area (Å²) in [6.45, 7) is 0.517. The summed E-state index contributed by atoms with van der Waals surface area (Å²) >= 11 is 5.73. The van der Waals surface area contributed by atoms with Crippen molar-refractivity contribution in [3.63, 3.8) is 0 Å². The Morgan fingerprint density at radius 1 is 1.24 bits per heavy atom. The fourth-order valence-corrected chi connectivity index (χ4v) is 2.08. The van der Waals surface area contributed by atoms with Crippen LogP contribution < -0.4 is 5.32 Å². The minimum absolute atomic E-state index is 0.0679. The van der Waals surface area contributed by atoms with Gasteiger partial charge in [0.15, 0.2) is 0 Å². The zero-order valence-corrected chi connectivity index (χ0v) is 14.0. The Balaban J connectivity index is 1.74. The van der Waals surface area contributed by atoms with E-state index < -0.39 is 11.0 Å². The molecule has 0 saturated heterocycles. The molecule has 0 aliphatic carbocycles. The van der Waals surface area contributed by atoms with Crippen LogP contribution in [0.3, 0.4) is 0 Å². The van der Waals surface area contributed by atoms with Crippen LogP contribution in [0.5, 0.6) is 0 Å². The second-order valence-electron chi connectivity index (χ2n) is 4.96. The molecule has 0 aliphatic rings. The first kappa shape index (κ1) is 18.3. The standard InChI is InChI=1S/C18H15ClN2O4/c19-16-10-9-14(12-17(16)21(23)24)6-4-5-11-20-18(22)25-13-15-7-2-1-3-8-15/h1-3,7-10,12H,5,11,13H2,(H,20,22). The maximum atomic E-state index is 11.5. The number of amides is 1. The summed E-state index contributed by atoms with van der Waals surface area (Å²) in [7, 11) is 0. The van der Waals surface area contributed by atoms with E-state index in [0.29, 0.717) is 18.5 Å². The molecule has 0 saturated carbocycles. The molecule has 0 atom stereocenters. The van der Waals surface area contributed by atoms with E-state index in [1.165, 1.54) is 12.1 Å². The molecule has 0 aliphatic heterocycles. The number of hydrogen-bond acceptors (Lipinski definition) is 4. The minimum atomic E-state index is -0.558. The first-order valence-electron chi connectivity index (χ1n) is 7.43. The molecule has 0 aromatic heterocycles. The van der Waals surface area contributed by atoms with Crippen molar-refractivity contribution in [3.05, 3.63) is 74.8 Å². The van der Waals surface area contributed by atoms with Gasteiger partial charge in [-0.1, -0.05) is 53.8 Å². The molecule has 0 unspecified atom stereocenters. The lowest BCUT2D eigenvalue weighted by Crippen LogP contribution is -2.24. The largest absolute Gasteiger partial charge is 0.445 e. The van der Waals surface area contributed by atoms with Gasteiger partial charge in [-0.05, 0) is 17.7 Å². The zero-order chi connectivity index (χ0) is 18.1. The third kappa shape index (κ3) is 6.16. The average molecular weight is 359 g/mol. The van der Waals surface area contributed by atoms with Gasteiger partial charge in [-0.3, -0.25) is 10.1 Å². The topological polar surface area (TPSA) is 81.5 Å². The van der Waals surface area contributed by atoms with E-state index in [1.54, 1.807) is 6.07 Å². The molecule has 2 rings (SSSR count). The number of rotatable bonds is 5. The molecule has 0 spiro atoms. The number of nitro benzene ring substituents is 1. The summed E-state index contributed by atoms with van der Waals surface area (Å²) in [5.74, 6) is 5.62. The summed E-state index contributed by atoms with van der Waals surface area (Å²) in [5, 5.41) is 13.5. The molecular weight excluding hydrogens is 344 g/mol. The van der Waals surface area contributed by atoms with Gasteiger partial charge in [-0.25, -0.2) is 4.79 Å². The van der Waals surface area contributed by atoms with E-state index in [9.17, 15) is 14.9 Å². The lowest BCUT2D eigenvalue weighted by molar-refractivity contribution is -0.384. The molecule has 1 N–H and O–H groups in total. The summed E-state index contributed by atoms with van der Waals surface area (Å²) in [6.07, 6.45) is -0.135. The van der Waals surface area contributed by atoms with Crippen molar-refractivity contribution >= 4 is 23.4 Å². The molecule has 128 valence electrons. The normalized spacial score (nSPS) is 9.64. The van der Waals surface area contributed by atoms with Gasteiger partial charge in [0.2, 0.25) is 0 Å². The molecule has 25 heavy (non-hydrogen) atoms. The molecule has 0 heterocycles. The van der Waals surface area contributed by atoms with Gasteiger partial charge in [0.1, 0.15) is 11.6 Å². The Morgan fingerprint density at radius 2 is 2.00 bits per heavy atom. The Bertz CT molecular complexity index is 813. The minimum Gasteiger partial charge on any atom is -0.445 e. The number of carbonyl (C=O) groups excluding carboxylic acids is 1. The van der Waals surface area contributed by atoms with Crippen molar-refractivity contribution < 1.29 is 14.5 Å². The zero-order valence-electron chi connectivity index (χ0n) is 13.2. The molecule has 1 amide bonds. The predicted octanol–water partition coefficient (Wildman–Crippen LogP) is 3.92. The quantitative estimate of drug-likeness (QED) is 0.380. The lowest BCUT2D eigenvalue weighted by atomic mass is 10.2. The third-order valence-electron chi connectivity index (χ3n) is 3.11. The Hall–Kier alpha value is -3.04. The number of hydrogen-bond donors (Lipinski definition) is 1. The van der Waals surface area contributed by atoms with E-state index in [-0.39, 0.29) is 17.3 Å². The highest BCUT2D eigenvalue weighted by Crippen LogP contribution is 2.24. The first-order valence-corrected chi connectivity index (χ1v) is 7.81. The monoisotopic (exact) mass is 358 g/mol. The molecule has 0 fully saturated rings. The number of carbonyl (C=O) groups is 1. The Morgan fingerprint density at radius 3 is 2.72 bits per heavy atom. The van der Waals surface area contributed by atoms with Crippen LogP contribution in [0.25, 0.3) is 0 Å². The number of nitrogens with zero attached hydrogens (tertiary/aromatic N) is 1. The molecular formula is C18H15ClN2O4. The Labute approximate surface area is 149 Å². The van der Waals surface area contributed by atoms with Gasteiger partial charge in [-0.2, -0.15) is 0 Å². The van der Waals surface area contributed by atoms with Gasteiger partial charge in [0.05, 0.1) is 4.92 Å². The van der Waals surface area contributed by atoms with E-state index in [0.717, 1.165) is 5.56 Å². The van der Waals surface area contributed by atoms with Crippen molar-refractivity contribution in [2.24, 2.45) is 0 Å². The number of nitrogens with one attached hydrogen (secondary N) is 1. The predicted molar refractivity (Wildman–Crippen MR) is 94.2 cm³/mol. The van der Waals surface area contributed by atoms with Crippen LogP contribution in [0.1, 0.15) is 17.5 Å². The van der Waals surface area contributed by atoms with Crippen molar-refractivity contribution in [3.8, 4) is 11.8 Å². The number of ether oxygens (including phenoxy) is 1. The first-order chi connectivity index (χ1) is 12.1. The third-order valence-corrected chi connectivity index (χ3v) is 3.43. The molecule has 0 radical (unpaired) electrons. The molecule has 7 heteroatoms. The second kappa shape index (κ2) is 9.30. The average Bonchev–Trinajstić information content (AvgIpc) is 2.61. The van der Waals surface area contributed by atoms with E-state index in [1.807, 2.05) is 30.3 Å². The fourth-order valence-electron chi connectivity index (χ4n) is 1.90. The molecule has 0 bridgehead atoms. The summed E-state index contributed by atoms with van der Waals surface area (Å²) < 4.78 is 5.06. The number of halogens is 1. The van der Waals surface area contributed by atoms with Crippen molar-refractivity contribution in [2.75, 3.05) is 6.54 Å². The van der Waals surface area contributed by atoms with E-state index in [4.69, 9.17) is 16.3 Å². The molecule has 6 nitrogen and oxygen atoms in total. The number of alkyl carbamates (subject to hydrolysis) is 1. The van der Waals surface area contributed by atoms with Gasteiger partial charge < -0.3 is 10.1 Å². The van der Waals surface area contributed by atoms with Crippen LogP contribution in [0.2, 0.25) is 5.02 Å². The lowest BCUT2D eigenvalue weighted by Gasteiger charge is -2.05. The highest BCUT2D eigenvalue weighted by Gasteiger charge is 2.11. The van der Waals surface area contributed by atoms with Crippen molar-refractivity contribution in [1.29, 1.82) is 0 Å². The second-order valence-corrected chi connectivity index (χ2v) is 5.37. The molecule has 2 aromatic rings. The smallest absolute Gasteiger partial charge is 0.407 e. The van der Waals surface area contributed by atoms with Gasteiger partial charge in [-0.15, -0.1) is 0 Å². The van der Waals surface area contributed by atoms with Crippen LogP contribution in [0.15, 0.2) is 48.5 Å². The van der Waals surface area contributed by atoms with Gasteiger partial charge in [0, 0.05) is 24.6 Å². The summed E-state index contributed by atoms with van der Waals surface area (Å²) in [4.78, 5) is 21.8. The Kier molecular flexibility index (Phi) is 6.81. The highest BCUT2D eigenvalue weighted by molar-refractivity contribution is 6.32. The van der Waals surface area contributed by atoms with Crippen LogP contribution in [-0.2, 0) is 11.3 Å². The highest BCUT2D eigenvalue weighted by atomic mass is 35.5. The maximum Gasteiger partial charge on any atom is 0.407 e. The van der Waals surface area contributed by atoms with Crippen molar-refractivity contribution in [1.82, 2.24) is 5.32 Å². The van der Waals surface area contributed by atoms with Crippen LogP contribution >= 0.6 is 11.6 Å². The molecule has 2 aromatic carbocycles. The number of nitro groups is 1. The SMILES string of the molecule is O=C(NCCC#Cc1ccc(Cl)c([N+](=O)[O-])c1)OCc1ccccc1. The van der Waals surface area contributed by atoms with Crippen molar-refractivity contribution in [2.45, 2.75) is 13.0 Å². The summed E-state index contributed by atoms with van der Waals surface area (Å²) in [6, 6.07) is 13.7. The maximum absolute atomic E-state index is 11.5. The van der Waals surface area contributed by atoms with Crippen LogP contribution in [0, 0.1) is 22.0 Å². The van der Waals surface area contributed by atoms with Crippen LogP contribution in [0.4, 0.5) is 10.5 Å². The van der Waals surface area contributed by atoms with Gasteiger partial charge >= 0.3 is 6.09 Å². The number of benzene rings is 2. The van der Waals surface area contributed by atoms with E-state index >= 15 is 0 Å².